The Hall–Kier alpha value is -0.440. The maximum Gasteiger partial charge on any atom is 0.138 e. The first kappa shape index (κ1) is 15.6. The van der Waals surface area contributed by atoms with Crippen LogP contribution in [0, 0.1) is 5.41 Å². The third-order valence-corrected chi connectivity index (χ3v) is 3.39. The molecule has 0 heterocycles. The molecule has 0 saturated heterocycles. The van der Waals surface area contributed by atoms with E-state index in [1.165, 1.54) is 0 Å². The van der Waals surface area contributed by atoms with Crippen LogP contribution in [0.4, 0.5) is 0 Å². The smallest absolute Gasteiger partial charge is 0.138 e. The molecular formula is C14H21Cl2NO. The molecule has 0 aliphatic heterocycles. The van der Waals surface area contributed by atoms with Crippen molar-refractivity contribution in [2.24, 2.45) is 11.1 Å². The van der Waals surface area contributed by atoms with E-state index in [1.807, 2.05) is 0 Å². The molecule has 0 amide bonds. The number of nitrogens with two attached hydrogens (primary N) is 1. The lowest BCUT2D eigenvalue weighted by Gasteiger charge is -2.35. The average molecular weight is 290 g/mol. The van der Waals surface area contributed by atoms with E-state index in [0.717, 1.165) is 6.42 Å². The van der Waals surface area contributed by atoms with E-state index in [1.54, 1.807) is 18.2 Å². The van der Waals surface area contributed by atoms with Gasteiger partial charge in [-0.3, -0.25) is 0 Å². The molecule has 2 N–H and O–H groups in total. The highest BCUT2D eigenvalue weighted by Gasteiger charge is 2.31. The van der Waals surface area contributed by atoms with E-state index in [-0.39, 0.29) is 17.6 Å². The van der Waals surface area contributed by atoms with Crippen molar-refractivity contribution in [3.8, 4) is 5.75 Å². The van der Waals surface area contributed by atoms with Crippen LogP contribution in [0.25, 0.3) is 0 Å². The fraction of sp³-hybridized carbons (Fsp3) is 0.571. The molecule has 0 aliphatic rings. The molecule has 18 heavy (non-hydrogen) atoms. The van der Waals surface area contributed by atoms with E-state index in [0.29, 0.717) is 15.8 Å². The fourth-order valence-corrected chi connectivity index (χ4v) is 2.28. The molecule has 2 nitrogen and oxygen atoms in total. The van der Waals surface area contributed by atoms with Gasteiger partial charge in [-0.25, -0.2) is 0 Å². The summed E-state index contributed by atoms with van der Waals surface area (Å²) in [7, 11) is 0. The van der Waals surface area contributed by atoms with Crippen molar-refractivity contribution in [3.63, 3.8) is 0 Å². The van der Waals surface area contributed by atoms with Crippen molar-refractivity contribution in [2.45, 2.75) is 46.3 Å². The molecule has 0 bridgehead atoms. The second kappa shape index (κ2) is 6.14. The Morgan fingerprint density at radius 2 is 1.89 bits per heavy atom. The second-order valence-corrected chi connectivity index (χ2v) is 6.39. The summed E-state index contributed by atoms with van der Waals surface area (Å²) >= 11 is 12.0. The zero-order valence-electron chi connectivity index (χ0n) is 11.3. The number of hydrogen-bond acceptors (Lipinski definition) is 2. The fourth-order valence-electron chi connectivity index (χ4n) is 1.83. The van der Waals surface area contributed by atoms with Crippen LogP contribution >= 0.6 is 23.2 Å². The van der Waals surface area contributed by atoms with Crippen LogP contribution in [-0.2, 0) is 0 Å². The van der Waals surface area contributed by atoms with E-state index < -0.39 is 0 Å². The van der Waals surface area contributed by atoms with Gasteiger partial charge in [0.2, 0.25) is 0 Å². The van der Waals surface area contributed by atoms with Crippen LogP contribution in [-0.4, -0.2) is 12.1 Å². The molecular weight excluding hydrogens is 269 g/mol. The van der Waals surface area contributed by atoms with Crippen LogP contribution in [0.2, 0.25) is 10.0 Å². The molecule has 1 rings (SSSR count). The largest absolute Gasteiger partial charge is 0.487 e. The molecule has 2 atom stereocenters. The predicted molar refractivity (Wildman–Crippen MR) is 78.6 cm³/mol. The van der Waals surface area contributed by atoms with Crippen molar-refractivity contribution in [1.82, 2.24) is 0 Å². The highest BCUT2D eigenvalue weighted by atomic mass is 35.5. The third kappa shape index (κ3) is 4.04. The van der Waals surface area contributed by atoms with Crippen LogP contribution in [0.1, 0.15) is 34.1 Å². The van der Waals surface area contributed by atoms with E-state index in [4.69, 9.17) is 33.7 Å². The van der Waals surface area contributed by atoms with Gasteiger partial charge in [-0.05, 0) is 24.6 Å². The molecule has 0 saturated carbocycles. The van der Waals surface area contributed by atoms with Gasteiger partial charge in [0.15, 0.2) is 0 Å². The van der Waals surface area contributed by atoms with Gasteiger partial charge in [-0.1, -0.05) is 50.9 Å². The number of halogens is 2. The third-order valence-electron chi connectivity index (χ3n) is 2.86. The summed E-state index contributed by atoms with van der Waals surface area (Å²) in [5, 5.41) is 1.11. The minimum atomic E-state index is -0.0961. The Morgan fingerprint density at radius 3 is 2.33 bits per heavy atom. The van der Waals surface area contributed by atoms with Crippen molar-refractivity contribution in [3.05, 3.63) is 28.2 Å². The van der Waals surface area contributed by atoms with Crippen LogP contribution in [0.15, 0.2) is 18.2 Å². The first-order valence-electron chi connectivity index (χ1n) is 6.13. The Balaban J connectivity index is 2.96. The normalized spacial score (nSPS) is 15.3. The van der Waals surface area contributed by atoms with E-state index in [2.05, 4.69) is 27.7 Å². The summed E-state index contributed by atoms with van der Waals surface area (Å²) in [6.07, 6.45) is 0.758. The van der Waals surface area contributed by atoms with E-state index >= 15 is 0 Å². The summed E-state index contributed by atoms with van der Waals surface area (Å²) < 4.78 is 6.00. The van der Waals surface area contributed by atoms with Crippen LogP contribution < -0.4 is 10.5 Å². The van der Waals surface area contributed by atoms with Gasteiger partial charge in [0.05, 0.1) is 5.02 Å². The van der Waals surface area contributed by atoms with Crippen LogP contribution in [0.3, 0.4) is 0 Å². The monoisotopic (exact) mass is 289 g/mol. The molecule has 1 aromatic carbocycles. The summed E-state index contributed by atoms with van der Waals surface area (Å²) in [6.45, 7) is 8.38. The van der Waals surface area contributed by atoms with Crippen molar-refractivity contribution < 1.29 is 4.74 Å². The number of ether oxygens (including phenoxy) is 1. The minimum Gasteiger partial charge on any atom is -0.487 e. The minimum absolute atomic E-state index is 0.0308. The molecule has 2 unspecified atom stereocenters. The molecule has 0 radical (unpaired) electrons. The Morgan fingerprint density at radius 1 is 1.28 bits per heavy atom. The van der Waals surface area contributed by atoms with Crippen molar-refractivity contribution >= 4 is 23.2 Å². The van der Waals surface area contributed by atoms with Gasteiger partial charge < -0.3 is 10.5 Å². The molecule has 4 heteroatoms. The van der Waals surface area contributed by atoms with Gasteiger partial charge in [0.1, 0.15) is 11.9 Å². The molecule has 1 aromatic rings. The van der Waals surface area contributed by atoms with Gasteiger partial charge in [-0.15, -0.1) is 0 Å². The van der Waals surface area contributed by atoms with Gasteiger partial charge in [-0.2, -0.15) is 0 Å². The molecule has 0 fully saturated rings. The van der Waals surface area contributed by atoms with Crippen LogP contribution in [0.5, 0.6) is 5.75 Å². The maximum atomic E-state index is 6.14. The zero-order chi connectivity index (χ0) is 13.9. The highest BCUT2D eigenvalue weighted by Crippen LogP contribution is 2.33. The van der Waals surface area contributed by atoms with Gasteiger partial charge >= 0.3 is 0 Å². The second-order valence-electron chi connectivity index (χ2n) is 5.55. The summed E-state index contributed by atoms with van der Waals surface area (Å²) in [5.41, 5.74) is 6.08. The molecule has 102 valence electrons. The SMILES string of the molecule is CCC(N)C(Oc1ccc(Cl)cc1Cl)C(C)(C)C. The van der Waals surface area contributed by atoms with Gasteiger partial charge in [0, 0.05) is 16.5 Å². The lowest BCUT2D eigenvalue weighted by Crippen LogP contribution is -2.47. The first-order chi connectivity index (χ1) is 8.25. The highest BCUT2D eigenvalue weighted by molar-refractivity contribution is 6.35. The maximum absolute atomic E-state index is 6.14. The van der Waals surface area contributed by atoms with Crippen molar-refractivity contribution in [1.29, 1.82) is 0 Å². The average Bonchev–Trinajstić information content (AvgIpc) is 2.25. The lowest BCUT2D eigenvalue weighted by molar-refractivity contribution is 0.0623. The number of hydrogen-bond donors (Lipinski definition) is 1. The lowest BCUT2D eigenvalue weighted by atomic mass is 9.84. The number of rotatable bonds is 4. The van der Waals surface area contributed by atoms with E-state index in [9.17, 15) is 0 Å². The Labute approximate surface area is 119 Å². The molecule has 0 aromatic heterocycles. The number of benzene rings is 1. The molecule has 0 aliphatic carbocycles. The topological polar surface area (TPSA) is 35.2 Å². The summed E-state index contributed by atoms with van der Waals surface area (Å²) in [6, 6.07) is 5.19. The quantitative estimate of drug-likeness (QED) is 0.884. The first-order valence-corrected chi connectivity index (χ1v) is 6.88. The summed E-state index contributed by atoms with van der Waals surface area (Å²) in [5.74, 6) is 0.630. The standard InChI is InChI=1S/C14H21Cl2NO/c1-5-11(17)13(14(2,3)4)18-12-7-6-9(15)8-10(12)16/h6-8,11,13H,5,17H2,1-4H3. The van der Waals surface area contributed by atoms with Crippen molar-refractivity contribution in [2.75, 3.05) is 0 Å². The zero-order valence-corrected chi connectivity index (χ0v) is 12.8. The Kier molecular flexibility index (Phi) is 5.32. The predicted octanol–water partition coefficient (Wildman–Crippen LogP) is 4.52. The van der Waals surface area contributed by atoms with Gasteiger partial charge in [0.25, 0.3) is 0 Å². The molecule has 0 spiro atoms. The summed E-state index contributed by atoms with van der Waals surface area (Å²) in [4.78, 5) is 0. The Bertz CT molecular complexity index is 401.